The van der Waals surface area contributed by atoms with E-state index in [1.807, 2.05) is 27.7 Å². The molecule has 8 N–H and O–H groups in total. The van der Waals surface area contributed by atoms with Crippen LogP contribution in [0.25, 0.3) is 0 Å². The molecule has 0 aromatic rings. The molecule has 0 amide bonds. The van der Waals surface area contributed by atoms with Crippen molar-refractivity contribution >= 4 is 0 Å². The molecule has 0 unspecified atom stereocenters. The summed E-state index contributed by atoms with van der Waals surface area (Å²) in [4.78, 5) is 0. The summed E-state index contributed by atoms with van der Waals surface area (Å²) in [7, 11) is 0. The van der Waals surface area contributed by atoms with Gasteiger partial charge in [0.2, 0.25) is 0 Å². The summed E-state index contributed by atoms with van der Waals surface area (Å²) in [5, 5.41) is 15.2. The van der Waals surface area contributed by atoms with Crippen molar-refractivity contribution in [3.8, 4) is 0 Å². The van der Waals surface area contributed by atoms with Gasteiger partial charge in [-0.15, -0.1) is 26.3 Å². The summed E-state index contributed by atoms with van der Waals surface area (Å²) >= 11 is 0. The molecule has 0 heterocycles. The van der Waals surface area contributed by atoms with Gasteiger partial charge in [-0.25, -0.2) is 0 Å². The summed E-state index contributed by atoms with van der Waals surface area (Å²) in [6, 6.07) is 0. The van der Waals surface area contributed by atoms with Crippen molar-refractivity contribution in [3.63, 3.8) is 0 Å². The molecule has 0 aromatic carbocycles. The van der Waals surface area contributed by atoms with Gasteiger partial charge in [0.25, 0.3) is 0 Å². The largest absolute Gasteiger partial charge is 0.412 e. The van der Waals surface area contributed by atoms with Crippen molar-refractivity contribution in [3.05, 3.63) is 50.6 Å². The molecule has 0 aliphatic heterocycles. The Morgan fingerprint density at radius 2 is 0.650 bits per heavy atom. The molecule has 5 nitrogen and oxygen atoms in total. The van der Waals surface area contributed by atoms with E-state index in [9.17, 15) is 0 Å². The Bertz CT molecular complexity index is 94.1. The summed E-state index contributed by atoms with van der Waals surface area (Å²) < 4.78 is 0. The Balaban J connectivity index is -0.0000000103. The first-order valence-electron chi connectivity index (χ1n) is 5.07. The minimum Gasteiger partial charge on any atom is -0.412 e. The van der Waals surface area contributed by atoms with Crippen LogP contribution in [0.3, 0.4) is 0 Å². The van der Waals surface area contributed by atoms with Crippen LogP contribution in [0.15, 0.2) is 50.6 Å². The number of rotatable bonds is 1. The SMILES string of the molecule is C=CC.C=CC.C=CC.C=CC.O.O.O.OCCO.[Ti]. The molecule has 0 aliphatic carbocycles. The molecule has 0 saturated heterocycles. The van der Waals surface area contributed by atoms with Crippen molar-refractivity contribution in [2.24, 2.45) is 0 Å². The van der Waals surface area contributed by atoms with Crippen LogP contribution in [0.5, 0.6) is 0 Å². The van der Waals surface area contributed by atoms with E-state index >= 15 is 0 Å². The zero-order valence-corrected chi connectivity index (χ0v) is 15.0. The molecule has 0 aliphatic rings. The Hall–Kier alpha value is -0.526. The standard InChI is InChI=1S/4C3H6.C2H6O2.3H2O.Ti/c4*1-3-2;3-1-2-4;;;;/h4*3H,1H2,2H3;3-4H,1-2H2;3*1H2;. The third-order valence-electron chi connectivity index (χ3n) is 0.1000. The first kappa shape index (κ1) is 60.6. The van der Waals surface area contributed by atoms with E-state index in [0.29, 0.717) is 0 Å². The van der Waals surface area contributed by atoms with Crippen LogP contribution in [-0.2, 0) is 21.7 Å². The minimum atomic E-state index is -0.125. The number of allylic oxidation sites excluding steroid dienone is 4. The van der Waals surface area contributed by atoms with Crippen LogP contribution in [0.2, 0.25) is 0 Å². The maximum Gasteiger partial charge on any atom is 0.0662 e. The van der Waals surface area contributed by atoms with E-state index in [0.717, 1.165) is 0 Å². The maximum atomic E-state index is 7.62. The molecule has 0 spiro atoms. The number of hydrogen-bond donors (Lipinski definition) is 2. The van der Waals surface area contributed by atoms with Crippen molar-refractivity contribution in [1.82, 2.24) is 0 Å². The molecule has 0 rings (SSSR count). The second-order valence-corrected chi connectivity index (χ2v) is 2.08. The second-order valence-electron chi connectivity index (χ2n) is 2.08. The van der Waals surface area contributed by atoms with Gasteiger partial charge in [0.1, 0.15) is 0 Å². The fourth-order valence-corrected chi connectivity index (χ4v) is 0. The van der Waals surface area contributed by atoms with Gasteiger partial charge in [-0.1, -0.05) is 24.3 Å². The van der Waals surface area contributed by atoms with Crippen molar-refractivity contribution in [1.29, 1.82) is 0 Å². The van der Waals surface area contributed by atoms with Crippen LogP contribution >= 0.6 is 0 Å². The van der Waals surface area contributed by atoms with Gasteiger partial charge >= 0.3 is 0 Å². The smallest absolute Gasteiger partial charge is 0.0662 e. The van der Waals surface area contributed by atoms with Gasteiger partial charge in [0, 0.05) is 21.7 Å². The van der Waals surface area contributed by atoms with Crippen molar-refractivity contribution in [2.75, 3.05) is 13.2 Å². The molecule has 0 saturated carbocycles. The summed E-state index contributed by atoms with van der Waals surface area (Å²) in [5.41, 5.74) is 0. The van der Waals surface area contributed by atoms with Crippen LogP contribution in [0, 0.1) is 0 Å². The molecule has 0 atom stereocenters. The predicted molar refractivity (Wildman–Crippen MR) is 88.5 cm³/mol. The fraction of sp³-hybridized carbons (Fsp3) is 0.429. The topological polar surface area (TPSA) is 135 Å². The van der Waals surface area contributed by atoms with E-state index in [1.54, 1.807) is 24.3 Å². The van der Waals surface area contributed by atoms with Crippen LogP contribution in [0.4, 0.5) is 0 Å². The molecule has 0 bridgehead atoms. The minimum absolute atomic E-state index is 0. The number of hydrogen-bond acceptors (Lipinski definition) is 2. The van der Waals surface area contributed by atoms with Crippen molar-refractivity contribution in [2.45, 2.75) is 27.7 Å². The van der Waals surface area contributed by atoms with Crippen LogP contribution in [-0.4, -0.2) is 39.9 Å². The molecule has 20 heavy (non-hydrogen) atoms. The van der Waals surface area contributed by atoms with Gasteiger partial charge in [0.05, 0.1) is 13.2 Å². The monoisotopic (exact) mass is 332 g/mol. The second kappa shape index (κ2) is 188. The van der Waals surface area contributed by atoms with E-state index in [2.05, 4.69) is 26.3 Å². The zero-order valence-electron chi connectivity index (χ0n) is 13.4. The Morgan fingerprint density at radius 1 is 0.600 bits per heavy atom. The molecule has 6 heteroatoms. The Labute approximate surface area is 140 Å². The average molecular weight is 332 g/mol. The van der Waals surface area contributed by atoms with Crippen molar-refractivity contribution < 1.29 is 48.4 Å². The maximum absolute atomic E-state index is 7.62. The van der Waals surface area contributed by atoms with E-state index in [-0.39, 0.29) is 51.4 Å². The van der Waals surface area contributed by atoms with E-state index in [4.69, 9.17) is 10.2 Å². The first-order valence-corrected chi connectivity index (χ1v) is 5.07. The molecular formula is C14H36O5Ti. The van der Waals surface area contributed by atoms with E-state index in [1.165, 1.54) is 0 Å². The Morgan fingerprint density at radius 3 is 0.650 bits per heavy atom. The summed E-state index contributed by atoms with van der Waals surface area (Å²) in [6.45, 7) is 20.8. The molecule has 126 valence electrons. The predicted octanol–water partition coefficient (Wildman–Crippen LogP) is 1.26. The van der Waals surface area contributed by atoms with Crippen LogP contribution in [0.1, 0.15) is 27.7 Å². The van der Waals surface area contributed by atoms with Crippen LogP contribution < -0.4 is 0 Å². The zero-order chi connectivity index (χ0) is 14.2. The van der Waals surface area contributed by atoms with Gasteiger partial charge < -0.3 is 26.6 Å². The van der Waals surface area contributed by atoms with Gasteiger partial charge in [0.15, 0.2) is 0 Å². The normalized spacial score (nSPS) is 4.10. The van der Waals surface area contributed by atoms with Gasteiger partial charge in [-0.3, -0.25) is 0 Å². The summed E-state index contributed by atoms with van der Waals surface area (Å²) in [5.74, 6) is 0. The number of aliphatic hydroxyl groups excluding tert-OH is 2. The quantitative estimate of drug-likeness (QED) is 0.552. The van der Waals surface area contributed by atoms with Gasteiger partial charge in [-0.2, -0.15) is 0 Å². The molecule has 0 aromatic heterocycles. The third kappa shape index (κ3) is 21100. The molecule has 0 radical (unpaired) electrons. The average Bonchev–Trinajstić information content (AvgIpc) is 2.22. The summed E-state index contributed by atoms with van der Waals surface area (Å²) in [6.07, 6.45) is 7.00. The molecule has 0 fully saturated rings. The first-order chi connectivity index (χ1) is 7.57. The number of aliphatic hydroxyl groups is 2. The Kier molecular flexibility index (Phi) is 570. The fourth-order valence-electron chi connectivity index (χ4n) is 0. The molecular weight excluding hydrogens is 296 g/mol. The van der Waals surface area contributed by atoms with E-state index < -0.39 is 0 Å². The van der Waals surface area contributed by atoms with Gasteiger partial charge in [-0.05, 0) is 27.7 Å². The third-order valence-corrected chi connectivity index (χ3v) is 0.1000.